The van der Waals surface area contributed by atoms with Gasteiger partial charge >= 0.3 is 5.97 Å². The number of nitrogens with zero attached hydrogens (tertiary/aromatic N) is 3. The van der Waals surface area contributed by atoms with E-state index in [1.807, 2.05) is 13.0 Å². The van der Waals surface area contributed by atoms with Crippen molar-refractivity contribution in [3.63, 3.8) is 0 Å². The maximum atomic E-state index is 12.9. The number of rotatable bonds is 5. The standard InChI is InChI=1S/C23H21N3O7/c1-13-8-15(6-7-18(13)26(30)31)23-17-11-20-19(32-12-33-20)10-16(17)9-14(2)25(24-23)21(27)4-3-5-22(28)29/h3-4,6-8,10-11,14H,5,9,12H2,1-2H3,(H,28,29)/t14-/m0/s1. The van der Waals surface area contributed by atoms with Crippen LogP contribution in [-0.4, -0.2) is 45.5 Å². The molecule has 4 rings (SSSR count). The number of aliphatic carboxylic acids is 1. The number of fused-ring (bicyclic) bond motifs is 2. The zero-order valence-corrected chi connectivity index (χ0v) is 18.0. The number of carboxylic acid groups (broad SMARTS) is 1. The number of amides is 1. The van der Waals surface area contributed by atoms with E-state index < -0.39 is 16.8 Å². The first-order chi connectivity index (χ1) is 15.7. The van der Waals surface area contributed by atoms with Crippen LogP contribution in [0.5, 0.6) is 11.5 Å². The van der Waals surface area contributed by atoms with Crippen LogP contribution in [0.1, 0.15) is 35.6 Å². The number of carbonyl (C=O) groups is 2. The first-order valence-corrected chi connectivity index (χ1v) is 10.2. The Morgan fingerprint density at radius 3 is 2.67 bits per heavy atom. The van der Waals surface area contributed by atoms with E-state index in [0.717, 1.165) is 11.1 Å². The Kier molecular flexibility index (Phi) is 5.82. The van der Waals surface area contributed by atoms with Crippen LogP contribution >= 0.6 is 0 Å². The van der Waals surface area contributed by atoms with Crippen molar-refractivity contribution in [2.45, 2.75) is 32.7 Å². The summed E-state index contributed by atoms with van der Waals surface area (Å²) in [5.74, 6) is -0.363. The smallest absolute Gasteiger partial charge is 0.307 e. The van der Waals surface area contributed by atoms with Crippen molar-refractivity contribution in [1.29, 1.82) is 0 Å². The summed E-state index contributed by atoms with van der Waals surface area (Å²) in [6, 6.07) is 7.97. The Balaban J connectivity index is 1.84. The van der Waals surface area contributed by atoms with Gasteiger partial charge in [0.05, 0.1) is 23.1 Å². The number of hydrogen-bond donors (Lipinski definition) is 1. The highest BCUT2D eigenvalue weighted by molar-refractivity contribution is 6.15. The summed E-state index contributed by atoms with van der Waals surface area (Å²) in [5.41, 5.74) is 3.09. The second kappa shape index (κ2) is 8.73. The van der Waals surface area contributed by atoms with Crippen molar-refractivity contribution in [2.24, 2.45) is 5.10 Å². The van der Waals surface area contributed by atoms with E-state index in [9.17, 15) is 19.7 Å². The van der Waals surface area contributed by atoms with Crippen molar-refractivity contribution in [1.82, 2.24) is 5.01 Å². The number of ether oxygens (including phenoxy) is 2. The molecule has 0 unspecified atom stereocenters. The molecule has 33 heavy (non-hydrogen) atoms. The molecule has 1 atom stereocenters. The van der Waals surface area contributed by atoms with Gasteiger partial charge in [-0.25, -0.2) is 5.01 Å². The summed E-state index contributed by atoms with van der Waals surface area (Å²) < 4.78 is 11.0. The zero-order chi connectivity index (χ0) is 23.7. The van der Waals surface area contributed by atoms with Crippen LogP contribution in [0.3, 0.4) is 0 Å². The third-order valence-corrected chi connectivity index (χ3v) is 5.44. The highest BCUT2D eigenvalue weighted by atomic mass is 16.7. The van der Waals surface area contributed by atoms with Gasteiger partial charge in [-0.2, -0.15) is 5.10 Å². The van der Waals surface area contributed by atoms with Gasteiger partial charge in [-0.3, -0.25) is 19.7 Å². The lowest BCUT2D eigenvalue weighted by Gasteiger charge is -2.22. The number of hydrogen-bond acceptors (Lipinski definition) is 7. The van der Waals surface area contributed by atoms with Gasteiger partial charge in [-0.05, 0) is 50.1 Å². The predicted octanol–water partition coefficient (Wildman–Crippen LogP) is 3.19. The van der Waals surface area contributed by atoms with Crippen molar-refractivity contribution in [2.75, 3.05) is 6.79 Å². The van der Waals surface area contributed by atoms with E-state index in [1.165, 1.54) is 23.2 Å². The Bertz CT molecular complexity index is 1220. The third-order valence-electron chi connectivity index (χ3n) is 5.44. The van der Waals surface area contributed by atoms with Gasteiger partial charge in [-0.1, -0.05) is 6.08 Å². The fraction of sp³-hybridized carbons (Fsp3) is 0.261. The molecule has 0 radical (unpaired) electrons. The molecule has 2 heterocycles. The summed E-state index contributed by atoms with van der Waals surface area (Å²) in [5, 5.41) is 26.0. The quantitative estimate of drug-likeness (QED) is 0.419. The fourth-order valence-electron chi connectivity index (χ4n) is 3.86. The van der Waals surface area contributed by atoms with Crippen LogP contribution in [0.25, 0.3) is 0 Å². The lowest BCUT2D eigenvalue weighted by atomic mass is 9.93. The van der Waals surface area contributed by atoms with Crippen molar-refractivity contribution < 1.29 is 29.1 Å². The molecule has 0 fully saturated rings. The second-order valence-corrected chi connectivity index (χ2v) is 7.81. The van der Waals surface area contributed by atoms with Crippen molar-refractivity contribution in [3.8, 4) is 11.5 Å². The molecule has 2 aliphatic heterocycles. The highest BCUT2D eigenvalue weighted by Gasteiger charge is 2.29. The number of hydrazone groups is 1. The number of carbonyl (C=O) groups excluding carboxylic acids is 1. The summed E-state index contributed by atoms with van der Waals surface area (Å²) in [4.78, 5) is 34.5. The van der Waals surface area contributed by atoms with E-state index in [2.05, 4.69) is 5.10 Å². The maximum absolute atomic E-state index is 12.9. The zero-order valence-electron chi connectivity index (χ0n) is 18.0. The van der Waals surface area contributed by atoms with Gasteiger partial charge in [-0.15, -0.1) is 0 Å². The Morgan fingerprint density at radius 2 is 2.00 bits per heavy atom. The molecule has 0 aliphatic carbocycles. The molecule has 0 saturated carbocycles. The Morgan fingerprint density at radius 1 is 1.27 bits per heavy atom. The molecule has 10 nitrogen and oxygen atoms in total. The number of carboxylic acids is 1. The van der Waals surface area contributed by atoms with E-state index in [-0.39, 0.29) is 24.9 Å². The number of benzene rings is 2. The van der Waals surface area contributed by atoms with Crippen LogP contribution in [0.2, 0.25) is 0 Å². The molecule has 10 heteroatoms. The average molecular weight is 451 g/mol. The van der Waals surface area contributed by atoms with Gasteiger partial charge in [0.1, 0.15) is 0 Å². The fourth-order valence-corrected chi connectivity index (χ4v) is 3.86. The molecule has 170 valence electrons. The molecule has 2 aromatic carbocycles. The Hall–Kier alpha value is -4.21. The molecule has 0 spiro atoms. The molecule has 1 amide bonds. The van der Waals surface area contributed by atoms with E-state index in [4.69, 9.17) is 14.6 Å². The summed E-state index contributed by atoms with van der Waals surface area (Å²) in [6.45, 7) is 3.58. The van der Waals surface area contributed by atoms with Gasteiger partial charge in [0.15, 0.2) is 11.5 Å². The molecule has 0 aromatic heterocycles. The first-order valence-electron chi connectivity index (χ1n) is 10.2. The number of aryl methyl sites for hydroxylation is 1. The van der Waals surface area contributed by atoms with Gasteiger partial charge in [0, 0.05) is 28.8 Å². The lowest BCUT2D eigenvalue weighted by molar-refractivity contribution is -0.385. The van der Waals surface area contributed by atoms with Crippen LogP contribution in [-0.2, 0) is 16.0 Å². The summed E-state index contributed by atoms with van der Waals surface area (Å²) in [7, 11) is 0. The van der Waals surface area contributed by atoms with Crippen LogP contribution in [0.15, 0.2) is 47.6 Å². The molecule has 0 saturated heterocycles. The minimum Gasteiger partial charge on any atom is -0.481 e. The predicted molar refractivity (Wildman–Crippen MR) is 117 cm³/mol. The normalized spacial score (nSPS) is 16.8. The maximum Gasteiger partial charge on any atom is 0.307 e. The summed E-state index contributed by atoms with van der Waals surface area (Å²) >= 11 is 0. The van der Waals surface area contributed by atoms with Gasteiger partial charge < -0.3 is 14.6 Å². The monoisotopic (exact) mass is 451 g/mol. The molecule has 1 N–H and O–H groups in total. The summed E-state index contributed by atoms with van der Waals surface area (Å²) in [6.07, 6.45) is 2.64. The molecule has 2 aliphatic rings. The minimum atomic E-state index is -1.05. The first kappa shape index (κ1) is 22.0. The topological polar surface area (TPSA) is 132 Å². The number of nitro groups is 1. The molecule has 0 bridgehead atoms. The van der Waals surface area contributed by atoms with E-state index >= 15 is 0 Å². The van der Waals surface area contributed by atoms with E-state index in [0.29, 0.717) is 34.8 Å². The van der Waals surface area contributed by atoms with Gasteiger partial charge in [0.2, 0.25) is 6.79 Å². The van der Waals surface area contributed by atoms with Crippen molar-refractivity contribution >= 4 is 23.3 Å². The molecular formula is C23H21N3O7. The molecular weight excluding hydrogens is 430 g/mol. The van der Waals surface area contributed by atoms with Crippen LogP contribution in [0.4, 0.5) is 5.69 Å². The number of nitro benzene ring substituents is 1. The average Bonchev–Trinajstić information content (AvgIpc) is 3.14. The SMILES string of the molecule is Cc1cc(C2=NN(C(=O)C=CCC(=O)O)[C@@H](C)Cc3cc4c(cc32)OCO4)ccc1[N+](=O)[O-]. The van der Waals surface area contributed by atoms with Crippen molar-refractivity contribution in [3.05, 3.63) is 74.9 Å². The van der Waals surface area contributed by atoms with Crippen LogP contribution < -0.4 is 9.47 Å². The molecule has 2 aromatic rings. The van der Waals surface area contributed by atoms with Gasteiger partial charge in [0.25, 0.3) is 11.6 Å². The largest absolute Gasteiger partial charge is 0.481 e. The second-order valence-electron chi connectivity index (χ2n) is 7.81. The lowest BCUT2D eigenvalue weighted by Crippen LogP contribution is -2.34. The minimum absolute atomic E-state index is 0.0169. The van der Waals surface area contributed by atoms with E-state index in [1.54, 1.807) is 25.1 Å². The highest BCUT2D eigenvalue weighted by Crippen LogP contribution is 2.38. The third kappa shape index (κ3) is 4.40. The Labute approximate surface area is 188 Å². The van der Waals surface area contributed by atoms with Crippen LogP contribution in [0, 0.1) is 17.0 Å².